The summed E-state index contributed by atoms with van der Waals surface area (Å²) in [5.74, 6) is 0. The first-order chi connectivity index (χ1) is 7.20. The Hall–Kier alpha value is -0.643. The molecule has 0 aromatic heterocycles. The second-order valence-electron chi connectivity index (χ2n) is 3.66. The average Bonchev–Trinajstić information content (AvgIpc) is 2.19. The van der Waals surface area contributed by atoms with E-state index in [1.165, 1.54) is 5.56 Å². The molecule has 0 spiro atoms. The van der Waals surface area contributed by atoms with E-state index >= 15 is 0 Å². The maximum Gasteiger partial charge on any atom is 0.145 e. The first kappa shape index (κ1) is 12.4. The van der Waals surface area contributed by atoms with Gasteiger partial charge in [-0.15, -0.1) is 0 Å². The van der Waals surface area contributed by atoms with Gasteiger partial charge in [-0.1, -0.05) is 30.3 Å². The molecule has 0 saturated heterocycles. The molecule has 0 amide bonds. The van der Waals surface area contributed by atoms with Crippen LogP contribution in [0.15, 0.2) is 30.3 Å². The average molecular weight is 224 g/mol. The standard InChI is InChI=1S/C12H20O2Si/c1-3-13-12(15,14-4-2)10-11-8-6-5-7-9-11/h5-9H,3-4,10H2,1-2,15H3. The highest BCUT2D eigenvalue weighted by Gasteiger charge is 2.24. The zero-order chi connectivity index (χ0) is 11.1. The quantitative estimate of drug-likeness (QED) is 0.536. The van der Waals surface area contributed by atoms with Crippen LogP contribution in [0.1, 0.15) is 19.4 Å². The Morgan fingerprint density at radius 3 is 2.07 bits per heavy atom. The minimum atomic E-state index is -0.356. The molecule has 0 saturated carbocycles. The summed E-state index contributed by atoms with van der Waals surface area (Å²) in [4.78, 5) is 0. The lowest BCUT2D eigenvalue weighted by molar-refractivity contribution is -0.171. The van der Waals surface area contributed by atoms with Gasteiger partial charge in [-0.25, -0.2) is 0 Å². The first-order valence-electron chi connectivity index (χ1n) is 5.52. The summed E-state index contributed by atoms with van der Waals surface area (Å²) < 4.78 is 11.4. The number of hydrogen-bond acceptors (Lipinski definition) is 2. The smallest absolute Gasteiger partial charge is 0.145 e. The van der Waals surface area contributed by atoms with Crippen molar-refractivity contribution in [2.45, 2.75) is 25.7 Å². The van der Waals surface area contributed by atoms with Crippen LogP contribution in [-0.4, -0.2) is 28.9 Å². The fraction of sp³-hybridized carbons (Fsp3) is 0.500. The van der Waals surface area contributed by atoms with Gasteiger partial charge in [0.1, 0.15) is 5.41 Å². The number of ether oxygens (including phenoxy) is 2. The Labute approximate surface area is 95.0 Å². The van der Waals surface area contributed by atoms with E-state index in [0.29, 0.717) is 13.2 Å². The van der Waals surface area contributed by atoms with Crippen molar-refractivity contribution in [3.8, 4) is 0 Å². The van der Waals surface area contributed by atoms with Gasteiger partial charge in [0.05, 0.1) is 10.2 Å². The summed E-state index contributed by atoms with van der Waals surface area (Å²) in [7, 11) is 0.878. The number of benzene rings is 1. The highest BCUT2D eigenvalue weighted by Crippen LogP contribution is 2.16. The Balaban J connectivity index is 2.66. The van der Waals surface area contributed by atoms with Crippen LogP contribution in [0.5, 0.6) is 0 Å². The van der Waals surface area contributed by atoms with Crippen LogP contribution in [0.4, 0.5) is 0 Å². The van der Waals surface area contributed by atoms with Crippen molar-refractivity contribution in [3.05, 3.63) is 35.9 Å². The molecule has 0 heterocycles. The van der Waals surface area contributed by atoms with Gasteiger partial charge in [0.2, 0.25) is 0 Å². The number of hydrogen-bond donors (Lipinski definition) is 0. The van der Waals surface area contributed by atoms with Crippen molar-refractivity contribution < 1.29 is 9.47 Å². The number of rotatable bonds is 6. The zero-order valence-corrected chi connectivity index (χ0v) is 11.8. The van der Waals surface area contributed by atoms with Crippen molar-refractivity contribution in [1.29, 1.82) is 0 Å². The van der Waals surface area contributed by atoms with Gasteiger partial charge >= 0.3 is 0 Å². The summed E-state index contributed by atoms with van der Waals surface area (Å²) >= 11 is 0. The van der Waals surface area contributed by atoms with Crippen LogP contribution in [-0.2, 0) is 15.9 Å². The molecule has 0 aliphatic rings. The summed E-state index contributed by atoms with van der Waals surface area (Å²) in [5.41, 5.74) is 0.916. The van der Waals surface area contributed by atoms with Crippen LogP contribution >= 0.6 is 0 Å². The lowest BCUT2D eigenvalue weighted by atomic mass is 10.1. The van der Waals surface area contributed by atoms with Gasteiger partial charge in [0, 0.05) is 19.6 Å². The summed E-state index contributed by atoms with van der Waals surface area (Å²) in [5, 5.41) is 0. The minimum Gasteiger partial charge on any atom is -0.355 e. The highest BCUT2D eigenvalue weighted by molar-refractivity contribution is 6.13. The lowest BCUT2D eigenvalue weighted by Crippen LogP contribution is -2.39. The predicted octanol–water partition coefficient (Wildman–Crippen LogP) is 1.32. The van der Waals surface area contributed by atoms with Crippen LogP contribution < -0.4 is 0 Å². The SMILES string of the molecule is CCOC([SiH3])(Cc1ccccc1)OCC. The monoisotopic (exact) mass is 224 g/mol. The van der Waals surface area contributed by atoms with Gasteiger partial charge in [0.25, 0.3) is 0 Å². The van der Waals surface area contributed by atoms with E-state index in [1.807, 2.05) is 19.9 Å². The van der Waals surface area contributed by atoms with Gasteiger partial charge < -0.3 is 9.47 Å². The summed E-state index contributed by atoms with van der Waals surface area (Å²) in [6.07, 6.45) is 0.849. The van der Waals surface area contributed by atoms with E-state index in [9.17, 15) is 0 Å². The van der Waals surface area contributed by atoms with Gasteiger partial charge in [-0.2, -0.15) is 0 Å². The van der Waals surface area contributed by atoms with Crippen molar-refractivity contribution in [2.75, 3.05) is 13.2 Å². The third-order valence-corrected chi connectivity index (χ3v) is 3.20. The Kier molecular flexibility index (Phi) is 5.01. The molecule has 0 radical (unpaired) electrons. The Morgan fingerprint density at radius 2 is 1.60 bits per heavy atom. The summed E-state index contributed by atoms with van der Waals surface area (Å²) in [6, 6.07) is 10.4. The molecule has 1 rings (SSSR count). The van der Waals surface area contributed by atoms with E-state index in [2.05, 4.69) is 24.3 Å². The van der Waals surface area contributed by atoms with Crippen LogP contribution in [0.3, 0.4) is 0 Å². The molecule has 0 atom stereocenters. The topological polar surface area (TPSA) is 18.5 Å². The molecule has 84 valence electrons. The molecule has 0 bridgehead atoms. The van der Waals surface area contributed by atoms with Gasteiger partial charge in [0.15, 0.2) is 0 Å². The predicted molar refractivity (Wildman–Crippen MR) is 66.1 cm³/mol. The van der Waals surface area contributed by atoms with Crippen molar-refractivity contribution in [2.24, 2.45) is 0 Å². The molecule has 0 unspecified atom stereocenters. The second-order valence-corrected chi connectivity index (χ2v) is 5.19. The van der Waals surface area contributed by atoms with E-state index < -0.39 is 0 Å². The van der Waals surface area contributed by atoms with Crippen LogP contribution in [0.25, 0.3) is 0 Å². The van der Waals surface area contributed by atoms with E-state index in [1.54, 1.807) is 0 Å². The van der Waals surface area contributed by atoms with Gasteiger partial charge in [-0.3, -0.25) is 0 Å². The van der Waals surface area contributed by atoms with Gasteiger partial charge in [-0.05, 0) is 19.4 Å². The summed E-state index contributed by atoms with van der Waals surface area (Å²) in [6.45, 7) is 5.43. The third-order valence-electron chi connectivity index (χ3n) is 2.27. The fourth-order valence-electron chi connectivity index (χ4n) is 1.72. The molecule has 0 aliphatic heterocycles. The van der Waals surface area contributed by atoms with Crippen molar-refractivity contribution in [1.82, 2.24) is 0 Å². The Bertz CT molecular complexity index is 268. The molecular weight excluding hydrogens is 204 g/mol. The van der Waals surface area contributed by atoms with E-state index in [-0.39, 0.29) is 5.41 Å². The molecule has 2 nitrogen and oxygen atoms in total. The minimum absolute atomic E-state index is 0.356. The zero-order valence-electron chi connectivity index (χ0n) is 9.82. The maximum absolute atomic E-state index is 5.71. The fourth-order valence-corrected chi connectivity index (χ4v) is 2.71. The van der Waals surface area contributed by atoms with Crippen LogP contribution in [0.2, 0.25) is 0 Å². The maximum atomic E-state index is 5.71. The molecule has 3 heteroatoms. The Morgan fingerprint density at radius 1 is 1.07 bits per heavy atom. The molecule has 0 fully saturated rings. The molecule has 1 aromatic rings. The molecular formula is C12H20O2Si. The van der Waals surface area contributed by atoms with Crippen molar-refractivity contribution in [3.63, 3.8) is 0 Å². The van der Waals surface area contributed by atoms with E-state index in [4.69, 9.17) is 9.47 Å². The molecule has 0 N–H and O–H groups in total. The van der Waals surface area contributed by atoms with Crippen LogP contribution in [0, 0.1) is 0 Å². The largest absolute Gasteiger partial charge is 0.355 e. The normalized spacial score (nSPS) is 11.9. The third kappa shape index (κ3) is 4.16. The molecule has 15 heavy (non-hydrogen) atoms. The first-order valence-corrected chi connectivity index (χ1v) is 6.52. The van der Waals surface area contributed by atoms with Crippen molar-refractivity contribution >= 4 is 10.2 Å². The second kappa shape index (κ2) is 6.05. The lowest BCUT2D eigenvalue weighted by Gasteiger charge is -2.29. The molecule has 0 aliphatic carbocycles. The van der Waals surface area contributed by atoms with E-state index in [0.717, 1.165) is 16.7 Å². The molecule has 1 aromatic carbocycles. The highest BCUT2D eigenvalue weighted by atomic mass is 28.1.